The van der Waals surface area contributed by atoms with E-state index < -0.39 is 0 Å². The number of pyridine rings is 1. The van der Waals surface area contributed by atoms with E-state index in [2.05, 4.69) is 15.0 Å². The Labute approximate surface area is 98.9 Å². The average Bonchev–Trinajstić information content (AvgIpc) is 2.37. The number of carbonyl (C=O) groups excluding carboxylic acids is 2. The molecule has 0 aliphatic heterocycles. The summed E-state index contributed by atoms with van der Waals surface area (Å²) in [6, 6.07) is 3.42. The molecule has 0 aliphatic rings. The summed E-state index contributed by atoms with van der Waals surface area (Å²) in [4.78, 5) is 25.9. The molecule has 0 atom stereocenters. The minimum absolute atomic E-state index is 0.104. The summed E-state index contributed by atoms with van der Waals surface area (Å²) < 4.78 is 9.59. The van der Waals surface area contributed by atoms with Gasteiger partial charge in [0.15, 0.2) is 6.61 Å². The Morgan fingerprint density at radius 2 is 2.29 bits per heavy atom. The average molecular weight is 238 g/mol. The highest BCUT2D eigenvalue weighted by Gasteiger charge is 2.04. The smallest absolute Gasteiger partial charge is 0.307 e. The molecule has 1 aromatic rings. The van der Waals surface area contributed by atoms with Gasteiger partial charge in [-0.25, -0.2) is 0 Å². The number of nitrogens with zero attached hydrogens (tertiary/aromatic N) is 1. The standard InChI is InChI=1S/C11H14N2O4/c1-16-11(15)4-6-13-10(14)8-17-9-3-2-5-12-7-9/h2-3,5,7H,4,6,8H2,1H3,(H,13,14). The number of aromatic nitrogens is 1. The molecule has 1 N–H and O–H groups in total. The van der Waals surface area contributed by atoms with Gasteiger partial charge in [0.1, 0.15) is 5.75 Å². The Morgan fingerprint density at radius 1 is 1.47 bits per heavy atom. The molecular formula is C11H14N2O4. The fourth-order valence-corrected chi connectivity index (χ4v) is 1.04. The van der Waals surface area contributed by atoms with Gasteiger partial charge in [0, 0.05) is 12.7 Å². The van der Waals surface area contributed by atoms with E-state index in [4.69, 9.17) is 4.74 Å². The molecule has 92 valence electrons. The number of methoxy groups -OCH3 is 1. The molecule has 6 heteroatoms. The van der Waals surface area contributed by atoms with E-state index >= 15 is 0 Å². The van der Waals surface area contributed by atoms with Crippen LogP contribution in [0.2, 0.25) is 0 Å². The first-order chi connectivity index (χ1) is 8.22. The largest absolute Gasteiger partial charge is 0.482 e. The molecule has 1 rings (SSSR count). The Hall–Kier alpha value is -2.11. The quantitative estimate of drug-likeness (QED) is 0.713. The molecule has 1 heterocycles. The summed E-state index contributed by atoms with van der Waals surface area (Å²) in [5.74, 6) is -0.133. The Balaban J connectivity index is 2.16. The zero-order chi connectivity index (χ0) is 12.5. The van der Waals surface area contributed by atoms with E-state index in [0.29, 0.717) is 5.75 Å². The first kappa shape index (κ1) is 13.0. The molecular weight excluding hydrogens is 224 g/mol. The van der Waals surface area contributed by atoms with E-state index in [9.17, 15) is 9.59 Å². The fraction of sp³-hybridized carbons (Fsp3) is 0.364. The van der Waals surface area contributed by atoms with Gasteiger partial charge >= 0.3 is 5.97 Å². The maximum Gasteiger partial charge on any atom is 0.307 e. The van der Waals surface area contributed by atoms with Crippen molar-refractivity contribution in [3.63, 3.8) is 0 Å². The lowest BCUT2D eigenvalue weighted by molar-refractivity contribution is -0.140. The molecule has 17 heavy (non-hydrogen) atoms. The lowest BCUT2D eigenvalue weighted by atomic mass is 10.4. The number of ether oxygens (including phenoxy) is 2. The van der Waals surface area contributed by atoms with Crippen LogP contribution in [0.15, 0.2) is 24.5 Å². The van der Waals surface area contributed by atoms with Crippen LogP contribution in [0.5, 0.6) is 5.75 Å². The number of esters is 1. The predicted molar refractivity (Wildman–Crippen MR) is 59.4 cm³/mol. The van der Waals surface area contributed by atoms with Gasteiger partial charge in [0.25, 0.3) is 5.91 Å². The minimum Gasteiger partial charge on any atom is -0.482 e. The summed E-state index contributed by atoms with van der Waals surface area (Å²) in [6.07, 6.45) is 3.28. The fourth-order valence-electron chi connectivity index (χ4n) is 1.04. The third-order valence-electron chi connectivity index (χ3n) is 1.88. The summed E-state index contributed by atoms with van der Waals surface area (Å²) in [6.45, 7) is 0.134. The molecule has 0 fully saturated rings. The molecule has 1 amide bonds. The normalized spacial score (nSPS) is 9.47. The van der Waals surface area contributed by atoms with Crippen LogP contribution in [-0.4, -0.2) is 37.1 Å². The van der Waals surface area contributed by atoms with Crippen molar-refractivity contribution in [1.29, 1.82) is 0 Å². The highest BCUT2D eigenvalue weighted by atomic mass is 16.5. The van der Waals surface area contributed by atoms with Crippen molar-refractivity contribution in [2.75, 3.05) is 20.3 Å². The highest BCUT2D eigenvalue weighted by Crippen LogP contribution is 2.05. The van der Waals surface area contributed by atoms with Crippen LogP contribution < -0.4 is 10.1 Å². The second-order valence-corrected chi connectivity index (χ2v) is 3.15. The van der Waals surface area contributed by atoms with Gasteiger partial charge in [-0.1, -0.05) is 0 Å². The van der Waals surface area contributed by atoms with E-state index in [-0.39, 0.29) is 31.4 Å². The minimum atomic E-state index is -0.363. The van der Waals surface area contributed by atoms with Gasteiger partial charge in [-0.05, 0) is 12.1 Å². The number of hydrogen-bond donors (Lipinski definition) is 1. The van der Waals surface area contributed by atoms with Gasteiger partial charge in [0.2, 0.25) is 0 Å². The first-order valence-electron chi connectivity index (χ1n) is 5.08. The van der Waals surface area contributed by atoms with Gasteiger partial charge in [-0.2, -0.15) is 0 Å². The molecule has 0 unspecified atom stereocenters. The van der Waals surface area contributed by atoms with Crippen molar-refractivity contribution in [3.8, 4) is 5.75 Å². The highest BCUT2D eigenvalue weighted by molar-refractivity contribution is 5.78. The molecule has 6 nitrogen and oxygen atoms in total. The lowest BCUT2D eigenvalue weighted by Gasteiger charge is -2.06. The molecule has 0 bridgehead atoms. The van der Waals surface area contributed by atoms with Crippen molar-refractivity contribution >= 4 is 11.9 Å². The summed E-state index contributed by atoms with van der Waals surface area (Å²) in [7, 11) is 1.30. The van der Waals surface area contributed by atoms with E-state index in [1.807, 2.05) is 0 Å². The zero-order valence-corrected chi connectivity index (χ0v) is 9.51. The molecule has 0 saturated carbocycles. The summed E-state index contributed by atoms with van der Waals surface area (Å²) in [5.41, 5.74) is 0. The Bertz CT molecular complexity index is 367. The molecule has 1 aromatic heterocycles. The topological polar surface area (TPSA) is 77.5 Å². The predicted octanol–water partition coefficient (Wildman–Crippen LogP) is 0.140. The van der Waals surface area contributed by atoms with Crippen LogP contribution in [0.1, 0.15) is 6.42 Å². The van der Waals surface area contributed by atoms with Gasteiger partial charge in [-0.3, -0.25) is 14.6 Å². The van der Waals surface area contributed by atoms with Crippen LogP contribution in [0, 0.1) is 0 Å². The van der Waals surface area contributed by atoms with Gasteiger partial charge in [0.05, 0.1) is 19.7 Å². The number of amides is 1. The van der Waals surface area contributed by atoms with Gasteiger partial charge < -0.3 is 14.8 Å². The molecule has 0 aliphatic carbocycles. The number of nitrogens with one attached hydrogen (secondary N) is 1. The SMILES string of the molecule is COC(=O)CCNC(=O)COc1cccnc1. The number of carbonyl (C=O) groups is 2. The molecule has 0 aromatic carbocycles. The Morgan fingerprint density at radius 3 is 2.94 bits per heavy atom. The van der Waals surface area contributed by atoms with Crippen LogP contribution in [0.3, 0.4) is 0 Å². The lowest BCUT2D eigenvalue weighted by Crippen LogP contribution is -2.30. The van der Waals surface area contributed by atoms with Crippen molar-refractivity contribution in [3.05, 3.63) is 24.5 Å². The van der Waals surface area contributed by atoms with Gasteiger partial charge in [-0.15, -0.1) is 0 Å². The van der Waals surface area contributed by atoms with Crippen molar-refractivity contribution in [1.82, 2.24) is 10.3 Å². The maximum absolute atomic E-state index is 11.3. The van der Waals surface area contributed by atoms with Crippen molar-refractivity contribution in [2.24, 2.45) is 0 Å². The molecule has 0 saturated heterocycles. The summed E-state index contributed by atoms with van der Waals surface area (Å²) in [5, 5.41) is 2.53. The van der Waals surface area contributed by atoms with Crippen LogP contribution in [0.4, 0.5) is 0 Å². The van der Waals surface area contributed by atoms with E-state index in [0.717, 1.165) is 0 Å². The van der Waals surface area contributed by atoms with Crippen molar-refractivity contribution in [2.45, 2.75) is 6.42 Å². The third-order valence-corrected chi connectivity index (χ3v) is 1.88. The second-order valence-electron chi connectivity index (χ2n) is 3.15. The Kier molecular flexibility index (Phi) is 5.50. The monoisotopic (exact) mass is 238 g/mol. The molecule has 0 radical (unpaired) electrons. The van der Waals surface area contributed by atoms with Crippen molar-refractivity contribution < 1.29 is 19.1 Å². The van der Waals surface area contributed by atoms with Crippen LogP contribution in [-0.2, 0) is 14.3 Å². The first-order valence-corrected chi connectivity index (χ1v) is 5.08. The second kappa shape index (κ2) is 7.21. The number of rotatable bonds is 6. The third kappa shape index (κ3) is 5.50. The van der Waals surface area contributed by atoms with E-state index in [1.54, 1.807) is 18.3 Å². The van der Waals surface area contributed by atoms with Crippen LogP contribution >= 0.6 is 0 Å². The number of hydrogen-bond acceptors (Lipinski definition) is 5. The molecule has 0 spiro atoms. The maximum atomic E-state index is 11.3. The summed E-state index contributed by atoms with van der Waals surface area (Å²) >= 11 is 0. The van der Waals surface area contributed by atoms with E-state index in [1.165, 1.54) is 13.3 Å². The zero-order valence-electron chi connectivity index (χ0n) is 9.51. The van der Waals surface area contributed by atoms with Crippen LogP contribution in [0.25, 0.3) is 0 Å².